The number of aromatic nitrogens is 2. The maximum atomic E-state index is 12.3. The largest absolute Gasteiger partial charge is 0.365 e. The zero-order valence-corrected chi connectivity index (χ0v) is 14.3. The van der Waals surface area contributed by atoms with Crippen molar-refractivity contribution in [3.05, 3.63) is 83.0 Å². The maximum Gasteiger partial charge on any atom is 0.276 e. The standard InChI is InChI=1S/C20H20N4O/c1-14-8-9-17(12-15(14)2)22-20(25)18-10-11-19(24-23-18)21-13-16-6-4-3-5-7-16/h3-12H,13H2,1-2H3,(H,21,24)(H,22,25). The van der Waals surface area contributed by atoms with Gasteiger partial charge in [0, 0.05) is 12.2 Å². The van der Waals surface area contributed by atoms with E-state index in [1.165, 1.54) is 5.56 Å². The molecule has 0 spiro atoms. The molecule has 0 unspecified atom stereocenters. The molecule has 25 heavy (non-hydrogen) atoms. The number of carbonyl (C=O) groups excluding carboxylic acids is 1. The average Bonchev–Trinajstić information content (AvgIpc) is 2.64. The smallest absolute Gasteiger partial charge is 0.276 e. The molecule has 0 aliphatic rings. The van der Waals surface area contributed by atoms with E-state index in [1.54, 1.807) is 12.1 Å². The Morgan fingerprint density at radius 3 is 2.40 bits per heavy atom. The van der Waals surface area contributed by atoms with Crippen molar-refractivity contribution in [3.63, 3.8) is 0 Å². The number of nitrogens with zero attached hydrogens (tertiary/aromatic N) is 2. The summed E-state index contributed by atoms with van der Waals surface area (Å²) < 4.78 is 0. The van der Waals surface area contributed by atoms with E-state index in [1.807, 2.05) is 62.4 Å². The summed E-state index contributed by atoms with van der Waals surface area (Å²) in [5.41, 5.74) is 4.50. The van der Waals surface area contributed by atoms with E-state index in [-0.39, 0.29) is 11.6 Å². The van der Waals surface area contributed by atoms with Gasteiger partial charge in [-0.3, -0.25) is 4.79 Å². The van der Waals surface area contributed by atoms with Crippen LogP contribution in [0.4, 0.5) is 11.5 Å². The molecule has 5 heteroatoms. The Hall–Kier alpha value is -3.21. The van der Waals surface area contributed by atoms with Crippen LogP contribution in [0, 0.1) is 13.8 Å². The van der Waals surface area contributed by atoms with Crippen molar-refractivity contribution < 1.29 is 4.79 Å². The predicted octanol–water partition coefficient (Wildman–Crippen LogP) is 3.96. The van der Waals surface area contributed by atoms with Gasteiger partial charge < -0.3 is 10.6 Å². The van der Waals surface area contributed by atoms with Gasteiger partial charge in [-0.25, -0.2) is 0 Å². The van der Waals surface area contributed by atoms with E-state index in [9.17, 15) is 4.79 Å². The van der Waals surface area contributed by atoms with E-state index in [4.69, 9.17) is 0 Å². The fourth-order valence-electron chi connectivity index (χ4n) is 2.35. The number of aryl methyl sites for hydroxylation is 2. The van der Waals surface area contributed by atoms with E-state index in [0.29, 0.717) is 12.4 Å². The van der Waals surface area contributed by atoms with Crippen LogP contribution in [0.25, 0.3) is 0 Å². The minimum atomic E-state index is -0.273. The number of amides is 1. The molecule has 0 radical (unpaired) electrons. The summed E-state index contributed by atoms with van der Waals surface area (Å²) in [6.45, 7) is 4.70. The van der Waals surface area contributed by atoms with Crippen LogP contribution in [-0.4, -0.2) is 16.1 Å². The molecule has 1 heterocycles. The highest BCUT2D eigenvalue weighted by molar-refractivity contribution is 6.02. The normalized spacial score (nSPS) is 10.3. The second-order valence-corrected chi connectivity index (χ2v) is 5.90. The molecule has 1 aromatic heterocycles. The minimum absolute atomic E-state index is 0.273. The first-order valence-corrected chi connectivity index (χ1v) is 8.12. The third-order valence-electron chi connectivity index (χ3n) is 3.98. The topological polar surface area (TPSA) is 66.9 Å². The first-order valence-electron chi connectivity index (χ1n) is 8.12. The monoisotopic (exact) mass is 332 g/mol. The van der Waals surface area contributed by atoms with Gasteiger partial charge in [-0.05, 0) is 54.8 Å². The van der Waals surface area contributed by atoms with Crippen LogP contribution < -0.4 is 10.6 Å². The summed E-state index contributed by atoms with van der Waals surface area (Å²) in [4.78, 5) is 12.3. The van der Waals surface area contributed by atoms with Crippen LogP contribution in [0.1, 0.15) is 27.2 Å². The summed E-state index contributed by atoms with van der Waals surface area (Å²) in [5.74, 6) is 0.358. The molecule has 0 saturated heterocycles. The van der Waals surface area contributed by atoms with Crippen molar-refractivity contribution in [2.24, 2.45) is 0 Å². The van der Waals surface area contributed by atoms with Gasteiger partial charge in [-0.2, -0.15) is 0 Å². The minimum Gasteiger partial charge on any atom is -0.365 e. The van der Waals surface area contributed by atoms with Crippen molar-refractivity contribution in [1.29, 1.82) is 0 Å². The molecule has 2 N–H and O–H groups in total. The lowest BCUT2D eigenvalue weighted by atomic mass is 10.1. The summed E-state index contributed by atoms with van der Waals surface area (Å²) in [6.07, 6.45) is 0. The van der Waals surface area contributed by atoms with E-state index in [2.05, 4.69) is 20.8 Å². The van der Waals surface area contributed by atoms with Gasteiger partial charge >= 0.3 is 0 Å². The summed E-state index contributed by atoms with van der Waals surface area (Å²) in [7, 11) is 0. The predicted molar refractivity (Wildman–Crippen MR) is 99.7 cm³/mol. The average molecular weight is 332 g/mol. The lowest BCUT2D eigenvalue weighted by Gasteiger charge is -2.08. The number of carbonyl (C=O) groups is 1. The van der Waals surface area contributed by atoms with Crippen molar-refractivity contribution >= 4 is 17.4 Å². The number of rotatable bonds is 5. The molecule has 3 rings (SSSR count). The van der Waals surface area contributed by atoms with Gasteiger partial charge in [-0.15, -0.1) is 10.2 Å². The maximum absolute atomic E-state index is 12.3. The van der Waals surface area contributed by atoms with E-state index >= 15 is 0 Å². The molecule has 2 aromatic carbocycles. The number of anilines is 2. The highest BCUT2D eigenvalue weighted by atomic mass is 16.1. The first-order chi connectivity index (χ1) is 12.1. The van der Waals surface area contributed by atoms with Gasteiger partial charge in [0.1, 0.15) is 5.82 Å². The molecular weight excluding hydrogens is 312 g/mol. The van der Waals surface area contributed by atoms with Gasteiger partial charge in [0.05, 0.1) is 0 Å². The van der Waals surface area contributed by atoms with Crippen LogP contribution in [0.15, 0.2) is 60.7 Å². The summed E-state index contributed by atoms with van der Waals surface area (Å²) in [6, 6.07) is 19.2. The Labute approximate surface area is 147 Å². The molecule has 0 aliphatic heterocycles. The highest BCUT2D eigenvalue weighted by Crippen LogP contribution is 2.15. The van der Waals surface area contributed by atoms with E-state index in [0.717, 1.165) is 16.8 Å². The number of hydrogen-bond donors (Lipinski definition) is 2. The van der Waals surface area contributed by atoms with Crippen LogP contribution in [0.2, 0.25) is 0 Å². The Balaban J connectivity index is 1.61. The third kappa shape index (κ3) is 4.41. The van der Waals surface area contributed by atoms with Crippen molar-refractivity contribution in [2.45, 2.75) is 20.4 Å². The Bertz CT molecular complexity index is 861. The zero-order valence-electron chi connectivity index (χ0n) is 14.3. The van der Waals surface area contributed by atoms with Gasteiger partial charge in [0.2, 0.25) is 0 Å². The second kappa shape index (κ2) is 7.57. The fraction of sp³-hybridized carbons (Fsp3) is 0.150. The number of hydrogen-bond acceptors (Lipinski definition) is 4. The van der Waals surface area contributed by atoms with E-state index < -0.39 is 0 Å². The number of nitrogens with one attached hydrogen (secondary N) is 2. The van der Waals surface area contributed by atoms with Crippen LogP contribution in [0.3, 0.4) is 0 Å². The molecule has 3 aromatic rings. The molecule has 126 valence electrons. The molecule has 0 atom stereocenters. The molecule has 5 nitrogen and oxygen atoms in total. The Morgan fingerprint density at radius 1 is 0.920 bits per heavy atom. The van der Waals surface area contributed by atoms with Crippen LogP contribution >= 0.6 is 0 Å². The van der Waals surface area contributed by atoms with Crippen molar-refractivity contribution in [3.8, 4) is 0 Å². The SMILES string of the molecule is Cc1ccc(NC(=O)c2ccc(NCc3ccccc3)nn2)cc1C. The summed E-state index contributed by atoms with van der Waals surface area (Å²) in [5, 5.41) is 14.1. The van der Waals surface area contributed by atoms with Crippen LogP contribution in [-0.2, 0) is 6.54 Å². The van der Waals surface area contributed by atoms with Crippen LogP contribution in [0.5, 0.6) is 0 Å². The van der Waals surface area contributed by atoms with Crippen molar-refractivity contribution in [1.82, 2.24) is 10.2 Å². The summed E-state index contributed by atoms with van der Waals surface area (Å²) >= 11 is 0. The molecule has 0 bridgehead atoms. The number of benzene rings is 2. The lowest BCUT2D eigenvalue weighted by Crippen LogP contribution is -2.15. The van der Waals surface area contributed by atoms with Gasteiger partial charge in [0.25, 0.3) is 5.91 Å². The fourth-order valence-corrected chi connectivity index (χ4v) is 2.35. The Kier molecular flexibility index (Phi) is 5.04. The lowest BCUT2D eigenvalue weighted by molar-refractivity contribution is 0.102. The van der Waals surface area contributed by atoms with Crippen molar-refractivity contribution in [2.75, 3.05) is 10.6 Å². The Morgan fingerprint density at radius 2 is 1.72 bits per heavy atom. The molecule has 1 amide bonds. The zero-order chi connectivity index (χ0) is 17.6. The second-order valence-electron chi connectivity index (χ2n) is 5.90. The highest BCUT2D eigenvalue weighted by Gasteiger charge is 2.09. The third-order valence-corrected chi connectivity index (χ3v) is 3.98. The molecular formula is C20H20N4O. The quantitative estimate of drug-likeness (QED) is 0.742. The molecule has 0 saturated carbocycles. The van der Waals surface area contributed by atoms with Gasteiger partial charge in [-0.1, -0.05) is 36.4 Å². The molecule has 0 aliphatic carbocycles. The molecule has 0 fully saturated rings. The van der Waals surface area contributed by atoms with Gasteiger partial charge in [0.15, 0.2) is 5.69 Å². The first kappa shape index (κ1) is 16.6.